The molecule has 2 fully saturated rings. The maximum absolute atomic E-state index is 12.9. The number of carbonyl (C=O) groups is 2. The first kappa shape index (κ1) is 15.2. The number of likely N-dealkylation sites (tertiary alicyclic amines) is 1. The Kier molecular flexibility index (Phi) is 3.79. The molecule has 2 heterocycles. The van der Waals surface area contributed by atoms with Crippen molar-refractivity contribution in [2.24, 2.45) is 5.92 Å². The van der Waals surface area contributed by atoms with Crippen LogP contribution in [0.1, 0.15) is 41.8 Å². The highest BCUT2D eigenvalue weighted by Crippen LogP contribution is 2.28. The standard InChI is InChI=1S/C19H22N2O3/c1-12-15-6-2-3-7-16(15)24-17(12)19(23)21-10-4-5-13(11-21)18(22)20-14-8-9-14/h2-3,6-7,13-14H,4-5,8-11H2,1H3,(H,20,22). The van der Waals surface area contributed by atoms with Crippen molar-refractivity contribution in [2.75, 3.05) is 13.1 Å². The number of hydrogen-bond donors (Lipinski definition) is 1. The summed E-state index contributed by atoms with van der Waals surface area (Å²) >= 11 is 0. The lowest BCUT2D eigenvalue weighted by Gasteiger charge is -2.31. The molecular weight excluding hydrogens is 304 g/mol. The van der Waals surface area contributed by atoms with Gasteiger partial charge in [0.2, 0.25) is 5.91 Å². The van der Waals surface area contributed by atoms with E-state index in [2.05, 4.69) is 5.32 Å². The number of nitrogens with zero attached hydrogens (tertiary/aromatic N) is 1. The van der Waals surface area contributed by atoms with E-state index in [-0.39, 0.29) is 17.7 Å². The molecule has 1 saturated heterocycles. The van der Waals surface area contributed by atoms with Gasteiger partial charge in [-0.05, 0) is 38.7 Å². The normalized spacial score (nSPS) is 21.0. The van der Waals surface area contributed by atoms with E-state index >= 15 is 0 Å². The predicted molar refractivity (Wildman–Crippen MR) is 90.7 cm³/mol. The molecule has 1 unspecified atom stereocenters. The lowest BCUT2D eigenvalue weighted by molar-refractivity contribution is -0.126. The van der Waals surface area contributed by atoms with Crippen molar-refractivity contribution in [3.63, 3.8) is 0 Å². The Balaban J connectivity index is 1.52. The number of para-hydroxylation sites is 1. The molecule has 0 radical (unpaired) electrons. The number of benzene rings is 1. The Hall–Kier alpha value is -2.30. The van der Waals surface area contributed by atoms with E-state index in [0.717, 1.165) is 42.2 Å². The average molecular weight is 326 g/mol. The van der Waals surface area contributed by atoms with Crippen LogP contribution in [0.5, 0.6) is 0 Å². The van der Waals surface area contributed by atoms with Crippen LogP contribution in [0.15, 0.2) is 28.7 Å². The van der Waals surface area contributed by atoms with Gasteiger partial charge in [-0.15, -0.1) is 0 Å². The molecule has 1 aliphatic carbocycles. The molecule has 1 N–H and O–H groups in total. The first-order chi connectivity index (χ1) is 11.6. The van der Waals surface area contributed by atoms with Crippen LogP contribution in [0.4, 0.5) is 0 Å². The molecule has 1 atom stereocenters. The van der Waals surface area contributed by atoms with Crippen molar-refractivity contribution in [1.82, 2.24) is 10.2 Å². The summed E-state index contributed by atoms with van der Waals surface area (Å²) in [7, 11) is 0. The number of piperidine rings is 1. The van der Waals surface area contributed by atoms with Crippen LogP contribution >= 0.6 is 0 Å². The Labute approximate surface area is 141 Å². The molecule has 2 amide bonds. The van der Waals surface area contributed by atoms with Crippen molar-refractivity contribution >= 4 is 22.8 Å². The minimum atomic E-state index is -0.104. The quantitative estimate of drug-likeness (QED) is 0.943. The van der Waals surface area contributed by atoms with Crippen LogP contribution < -0.4 is 5.32 Å². The zero-order chi connectivity index (χ0) is 16.7. The molecule has 2 aliphatic rings. The summed E-state index contributed by atoms with van der Waals surface area (Å²) < 4.78 is 5.79. The topological polar surface area (TPSA) is 62.6 Å². The number of fused-ring (bicyclic) bond motifs is 1. The van der Waals surface area contributed by atoms with Gasteiger partial charge in [-0.2, -0.15) is 0 Å². The molecular formula is C19H22N2O3. The first-order valence-electron chi connectivity index (χ1n) is 8.71. The Morgan fingerprint density at radius 1 is 1.21 bits per heavy atom. The summed E-state index contributed by atoms with van der Waals surface area (Å²) in [6, 6.07) is 8.05. The van der Waals surface area contributed by atoms with E-state index in [4.69, 9.17) is 4.42 Å². The van der Waals surface area contributed by atoms with E-state index in [1.807, 2.05) is 31.2 Å². The second-order valence-electron chi connectivity index (χ2n) is 6.93. The second kappa shape index (κ2) is 5.96. The highest BCUT2D eigenvalue weighted by Gasteiger charge is 2.33. The van der Waals surface area contributed by atoms with Gasteiger partial charge in [-0.25, -0.2) is 0 Å². The van der Waals surface area contributed by atoms with Crippen molar-refractivity contribution < 1.29 is 14.0 Å². The number of furan rings is 1. The van der Waals surface area contributed by atoms with E-state index in [0.29, 0.717) is 24.9 Å². The minimum Gasteiger partial charge on any atom is -0.451 e. The van der Waals surface area contributed by atoms with Gasteiger partial charge in [0.25, 0.3) is 5.91 Å². The molecule has 1 saturated carbocycles. The van der Waals surface area contributed by atoms with Gasteiger partial charge in [-0.3, -0.25) is 9.59 Å². The molecule has 1 aromatic heterocycles. The molecule has 5 heteroatoms. The SMILES string of the molecule is Cc1c(C(=O)N2CCCC(C(=O)NC3CC3)C2)oc2ccccc12. The molecule has 4 rings (SSSR count). The van der Waals surface area contributed by atoms with Crippen LogP contribution in [0.2, 0.25) is 0 Å². The summed E-state index contributed by atoms with van der Waals surface area (Å²) in [6.45, 7) is 3.08. The van der Waals surface area contributed by atoms with E-state index in [9.17, 15) is 9.59 Å². The van der Waals surface area contributed by atoms with Gasteiger partial charge in [0.05, 0.1) is 5.92 Å². The number of nitrogens with one attached hydrogen (secondary N) is 1. The van der Waals surface area contributed by atoms with Crippen molar-refractivity contribution in [3.8, 4) is 0 Å². The highest BCUT2D eigenvalue weighted by atomic mass is 16.3. The van der Waals surface area contributed by atoms with Gasteiger partial charge in [0.1, 0.15) is 5.58 Å². The predicted octanol–water partition coefficient (Wildman–Crippen LogP) is 2.87. The summed E-state index contributed by atoms with van der Waals surface area (Å²) in [5, 5.41) is 4.03. The molecule has 0 bridgehead atoms. The number of hydrogen-bond acceptors (Lipinski definition) is 3. The Morgan fingerprint density at radius 2 is 2.00 bits per heavy atom. The minimum absolute atomic E-state index is 0.0938. The molecule has 126 valence electrons. The summed E-state index contributed by atoms with van der Waals surface area (Å²) in [5.41, 5.74) is 1.61. The van der Waals surface area contributed by atoms with Crippen LogP contribution in [0.25, 0.3) is 11.0 Å². The van der Waals surface area contributed by atoms with Gasteiger partial charge in [0, 0.05) is 30.1 Å². The number of amides is 2. The van der Waals surface area contributed by atoms with Crippen LogP contribution in [0.3, 0.4) is 0 Å². The van der Waals surface area contributed by atoms with Gasteiger partial charge in [0.15, 0.2) is 5.76 Å². The van der Waals surface area contributed by atoms with Crippen molar-refractivity contribution in [1.29, 1.82) is 0 Å². The van der Waals surface area contributed by atoms with E-state index in [1.165, 1.54) is 0 Å². The molecule has 24 heavy (non-hydrogen) atoms. The largest absolute Gasteiger partial charge is 0.451 e. The third-order valence-electron chi connectivity index (χ3n) is 5.04. The lowest BCUT2D eigenvalue weighted by atomic mass is 9.96. The Bertz CT molecular complexity index is 791. The van der Waals surface area contributed by atoms with Crippen LogP contribution in [0, 0.1) is 12.8 Å². The molecule has 5 nitrogen and oxygen atoms in total. The third kappa shape index (κ3) is 2.79. The molecule has 2 aromatic rings. The molecule has 1 aliphatic heterocycles. The zero-order valence-electron chi connectivity index (χ0n) is 13.9. The highest BCUT2D eigenvalue weighted by molar-refractivity contribution is 5.99. The molecule has 0 spiro atoms. The van der Waals surface area contributed by atoms with Crippen LogP contribution in [-0.4, -0.2) is 35.8 Å². The van der Waals surface area contributed by atoms with Gasteiger partial charge >= 0.3 is 0 Å². The fourth-order valence-electron chi connectivity index (χ4n) is 3.44. The smallest absolute Gasteiger partial charge is 0.289 e. The van der Waals surface area contributed by atoms with E-state index in [1.54, 1.807) is 4.90 Å². The Morgan fingerprint density at radius 3 is 2.75 bits per heavy atom. The fraction of sp³-hybridized carbons (Fsp3) is 0.474. The van der Waals surface area contributed by atoms with E-state index < -0.39 is 0 Å². The summed E-state index contributed by atoms with van der Waals surface area (Å²) in [5.74, 6) is 0.288. The third-order valence-corrected chi connectivity index (χ3v) is 5.04. The van der Waals surface area contributed by atoms with Crippen molar-refractivity contribution in [2.45, 2.75) is 38.6 Å². The summed E-state index contributed by atoms with van der Waals surface area (Å²) in [4.78, 5) is 27.0. The number of aryl methyl sites for hydroxylation is 1. The zero-order valence-corrected chi connectivity index (χ0v) is 13.9. The van der Waals surface area contributed by atoms with Crippen molar-refractivity contribution in [3.05, 3.63) is 35.6 Å². The summed E-state index contributed by atoms with van der Waals surface area (Å²) in [6.07, 6.45) is 3.87. The first-order valence-corrected chi connectivity index (χ1v) is 8.71. The fourth-order valence-corrected chi connectivity index (χ4v) is 3.44. The second-order valence-corrected chi connectivity index (χ2v) is 6.93. The monoisotopic (exact) mass is 326 g/mol. The maximum Gasteiger partial charge on any atom is 0.289 e. The maximum atomic E-state index is 12.9. The number of rotatable bonds is 3. The van der Waals surface area contributed by atoms with Crippen LogP contribution in [-0.2, 0) is 4.79 Å². The van der Waals surface area contributed by atoms with Gasteiger partial charge < -0.3 is 14.6 Å². The molecule has 1 aromatic carbocycles. The average Bonchev–Trinajstić information content (AvgIpc) is 3.36. The van der Waals surface area contributed by atoms with Gasteiger partial charge in [-0.1, -0.05) is 18.2 Å². The number of carbonyl (C=O) groups excluding carboxylic acids is 2. The lowest BCUT2D eigenvalue weighted by Crippen LogP contribution is -2.45.